The summed E-state index contributed by atoms with van der Waals surface area (Å²) in [5.74, 6) is 1.96. The summed E-state index contributed by atoms with van der Waals surface area (Å²) >= 11 is 0. The summed E-state index contributed by atoms with van der Waals surface area (Å²) in [6.07, 6.45) is 3.28. The molecule has 3 aromatic rings. The highest BCUT2D eigenvalue weighted by Gasteiger charge is 2.09. The number of hydrogen-bond donors (Lipinski definition) is 1. The molecule has 0 atom stereocenters. The number of aryl methyl sites for hydroxylation is 1. The van der Waals surface area contributed by atoms with Gasteiger partial charge in [0.2, 0.25) is 0 Å². The molecule has 0 fully saturated rings. The first-order valence-electron chi connectivity index (χ1n) is 10.1. The van der Waals surface area contributed by atoms with E-state index in [1.165, 1.54) is 0 Å². The molecular weight excluding hydrogens is 382 g/mol. The van der Waals surface area contributed by atoms with E-state index in [0.29, 0.717) is 42.6 Å². The summed E-state index contributed by atoms with van der Waals surface area (Å²) in [4.78, 5) is 12.3. The Balaban J connectivity index is 1.58. The number of anilines is 1. The standard InChI is InChI=1S/C23H27N3O4/c1-4-26-15-18(14-24-26)23(27)25-19-8-10-20(11-9-19)30-16-17-7-12-21(28-5-2)22(13-17)29-6-3/h7-15H,4-6,16H2,1-3H3,(H,25,27). The van der Waals surface area contributed by atoms with Gasteiger partial charge < -0.3 is 19.5 Å². The van der Waals surface area contributed by atoms with Crippen LogP contribution in [0, 0.1) is 0 Å². The molecule has 0 saturated heterocycles. The van der Waals surface area contributed by atoms with E-state index in [0.717, 1.165) is 17.9 Å². The molecule has 0 unspecified atom stereocenters. The van der Waals surface area contributed by atoms with Crippen LogP contribution in [0.1, 0.15) is 36.7 Å². The number of ether oxygens (including phenoxy) is 3. The number of hydrogen-bond acceptors (Lipinski definition) is 5. The maximum Gasteiger partial charge on any atom is 0.258 e. The van der Waals surface area contributed by atoms with E-state index in [2.05, 4.69) is 10.4 Å². The number of amides is 1. The van der Waals surface area contributed by atoms with Crippen molar-refractivity contribution in [1.82, 2.24) is 9.78 Å². The lowest BCUT2D eigenvalue weighted by Crippen LogP contribution is -2.11. The van der Waals surface area contributed by atoms with Crippen molar-refractivity contribution in [3.8, 4) is 17.2 Å². The SMILES string of the molecule is CCOc1ccc(COc2ccc(NC(=O)c3cnn(CC)c3)cc2)cc1OCC. The van der Waals surface area contributed by atoms with Crippen molar-refractivity contribution >= 4 is 11.6 Å². The van der Waals surface area contributed by atoms with E-state index in [1.807, 2.05) is 51.1 Å². The second-order valence-corrected chi connectivity index (χ2v) is 6.50. The molecule has 1 heterocycles. The van der Waals surface area contributed by atoms with Crippen LogP contribution in [-0.4, -0.2) is 28.9 Å². The average molecular weight is 409 g/mol. The van der Waals surface area contributed by atoms with Gasteiger partial charge in [-0.25, -0.2) is 0 Å². The number of rotatable bonds is 10. The largest absolute Gasteiger partial charge is 0.490 e. The molecule has 0 radical (unpaired) electrons. The quantitative estimate of drug-likeness (QED) is 0.532. The van der Waals surface area contributed by atoms with Gasteiger partial charge in [-0.2, -0.15) is 5.10 Å². The molecule has 0 aliphatic rings. The minimum Gasteiger partial charge on any atom is -0.490 e. The van der Waals surface area contributed by atoms with Crippen molar-refractivity contribution < 1.29 is 19.0 Å². The maximum absolute atomic E-state index is 12.3. The Kier molecular flexibility index (Phi) is 7.32. The molecule has 1 N–H and O–H groups in total. The lowest BCUT2D eigenvalue weighted by molar-refractivity contribution is 0.102. The number of benzene rings is 2. The van der Waals surface area contributed by atoms with Crippen molar-refractivity contribution in [1.29, 1.82) is 0 Å². The smallest absolute Gasteiger partial charge is 0.258 e. The molecule has 0 aliphatic heterocycles. The molecular formula is C23H27N3O4. The van der Waals surface area contributed by atoms with Gasteiger partial charge in [-0.3, -0.25) is 9.48 Å². The molecule has 30 heavy (non-hydrogen) atoms. The summed E-state index contributed by atoms with van der Waals surface area (Å²) in [6.45, 7) is 8.12. The van der Waals surface area contributed by atoms with Crippen LogP contribution in [0.3, 0.4) is 0 Å². The van der Waals surface area contributed by atoms with Crippen LogP contribution < -0.4 is 19.5 Å². The molecule has 0 aliphatic carbocycles. The zero-order valence-corrected chi connectivity index (χ0v) is 17.6. The molecule has 2 aromatic carbocycles. The van der Waals surface area contributed by atoms with Crippen molar-refractivity contribution in [2.45, 2.75) is 33.9 Å². The molecule has 158 valence electrons. The van der Waals surface area contributed by atoms with Gasteiger partial charge in [-0.05, 0) is 62.7 Å². The Morgan fingerprint density at radius 1 is 0.967 bits per heavy atom. The minimum absolute atomic E-state index is 0.193. The van der Waals surface area contributed by atoms with E-state index < -0.39 is 0 Å². The lowest BCUT2D eigenvalue weighted by Gasteiger charge is -2.13. The van der Waals surface area contributed by atoms with Crippen LogP contribution in [0.2, 0.25) is 0 Å². The molecule has 7 nitrogen and oxygen atoms in total. The van der Waals surface area contributed by atoms with Gasteiger partial charge in [0.25, 0.3) is 5.91 Å². The van der Waals surface area contributed by atoms with E-state index >= 15 is 0 Å². The summed E-state index contributed by atoms with van der Waals surface area (Å²) in [5, 5.41) is 6.98. The van der Waals surface area contributed by atoms with E-state index in [1.54, 1.807) is 29.2 Å². The van der Waals surface area contributed by atoms with Crippen LogP contribution in [0.4, 0.5) is 5.69 Å². The Morgan fingerprint density at radius 3 is 2.37 bits per heavy atom. The van der Waals surface area contributed by atoms with Crippen LogP contribution >= 0.6 is 0 Å². The van der Waals surface area contributed by atoms with Crippen LogP contribution in [0.25, 0.3) is 0 Å². The summed E-state index contributed by atoms with van der Waals surface area (Å²) in [6, 6.07) is 13.0. The number of carbonyl (C=O) groups is 1. The Morgan fingerprint density at radius 2 is 1.70 bits per heavy atom. The summed E-state index contributed by atoms with van der Waals surface area (Å²) in [7, 11) is 0. The lowest BCUT2D eigenvalue weighted by atomic mass is 10.2. The topological polar surface area (TPSA) is 74.6 Å². The second-order valence-electron chi connectivity index (χ2n) is 6.50. The van der Waals surface area contributed by atoms with Crippen molar-refractivity contribution in [2.75, 3.05) is 18.5 Å². The molecule has 1 amide bonds. The monoisotopic (exact) mass is 409 g/mol. The molecule has 0 saturated carbocycles. The predicted octanol–water partition coefficient (Wildman–Crippen LogP) is 4.53. The molecule has 3 rings (SSSR count). The first kappa shape index (κ1) is 21.2. The highest BCUT2D eigenvalue weighted by Crippen LogP contribution is 2.29. The van der Waals surface area contributed by atoms with Crippen LogP contribution in [0.15, 0.2) is 54.9 Å². The van der Waals surface area contributed by atoms with Gasteiger partial charge in [-0.15, -0.1) is 0 Å². The fourth-order valence-electron chi connectivity index (χ4n) is 2.84. The maximum atomic E-state index is 12.3. The van der Waals surface area contributed by atoms with Gasteiger partial charge >= 0.3 is 0 Å². The van der Waals surface area contributed by atoms with Crippen molar-refractivity contribution in [3.05, 3.63) is 66.0 Å². The van der Waals surface area contributed by atoms with E-state index in [-0.39, 0.29) is 5.91 Å². The number of nitrogens with one attached hydrogen (secondary N) is 1. The first-order chi connectivity index (χ1) is 14.6. The third-order valence-electron chi connectivity index (χ3n) is 4.34. The number of aromatic nitrogens is 2. The highest BCUT2D eigenvalue weighted by atomic mass is 16.5. The summed E-state index contributed by atoms with van der Waals surface area (Å²) < 4.78 is 18.8. The minimum atomic E-state index is -0.193. The Labute approximate surface area is 176 Å². The van der Waals surface area contributed by atoms with Gasteiger partial charge in [-0.1, -0.05) is 6.07 Å². The van der Waals surface area contributed by atoms with Gasteiger partial charge in [0, 0.05) is 18.4 Å². The molecule has 7 heteroatoms. The van der Waals surface area contributed by atoms with Crippen LogP contribution in [-0.2, 0) is 13.2 Å². The second kappa shape index (κ2) is 10.3. The number of nitrogens with zero attached hydrogens (tertiary/aromatic N) is 2. The fraction of sp³-hybridized carbons (Fsp3) is 0.304. The van der Waals surface area contributed by atoms with Crippen molar-refractivity contribution in [2.24, 2.45) is 0 Å². The fourth-order valence-corrected chi connectivity index (χ4v) is 2.84. The first-order valence-corrected chi connectivity index (χ1v) is 10.1. The zero-order chi connectivity index (χ0) is 21.3. The average Bonchev–Trinajstić information content (AvgIpc) is 3.25. The Bertz CT molecular complexity index is 967. The van der Waals surface area contributed by atoms with Crippen molar-refractivity contribution in [3.63, 3.8) is 0 Å². The molecule has 0 bridgehead atoms. The highest BCUT2D eigenvalue weighted by molar-refractivity contribution is 6.03. The Hall–Kier alpha value is -3.48. The normalized spacial score (nSPS) is 10.5. The predicted molar refractivity (Wildman–Crippen MR) is 115 cm³/mol. The third-order valence-corrected chi connectivity index (χ3v) is 4.34. The molecule has 0 spiro atoms. The van der Waals surface area contributed by atoms with Gasteiger partial charge in [0.05, 0.1) is 25.0 Å². The zero-order valence-electron chi connectivity index (χ0n) is 17.6. The van der Waals surface area contributed by atoms with Gasteiger partial charge in [0.1, 0.15) is 12.4 Å². The van der Waals surface area contributed by atoms with E-state index in [9.17, 15) is 4.79 Å². The number of carbonyl (C=O) groups excluding carboxylic acids is 1. The third kappa shape index (κ3) is 5.53. The van der Waals surface area contributed by atoms with E-state index in [4.69, 9.17) is 14.2 Å². The van der Waals surface area contributed by atoms with Crippen LogP contribution in [0.5, 0.6) is 17.2 Å². The molecule has 1 aromatic heterocycles. The summed E-state index contributed by atoms with van der Waals surface area (Å²) in [5.41, 5.74) is 2.20. The van der Waals surface area contributed by atoms with Gasteiger partial charge in [0.15, 0.2) is 11.5 Å².